The van der Waals surface area contributed by atoms with E-state index in [2.05, 4.69) is 4.98 Å². The van der Waals surface area contributed by atoms with E-state index in [1.807, 2.05) is 30.3 Å². The summed E-state index contributed by atoms with van der Waals surface area (Å²) < 4.78 is 5.24. The summed E-state index contributed by atoms with van der Waals surface area (Å²) in [6.07, 6.45) is 0. The largest absolute Gasteiger partial charge is 0.497 e. The van der Waals surface area contributed by atoms with Gasteiger partial charge in [0.25, 0.3) is 0 Å². The Bertz CT molecular complexity index is 1150. The third kappa shape index (κ3) is 2.82. The van der Waals surface area contributed by atoms with E-state index in [1.165, 1.54) is 16.7 Å². The van der Waals surface area contributed by atoms with Crippen molar-refractivity contribution in [3.8, 4) is 5.75 Å². The number of amides is 2. The molecule has 2 aliphatic heterocycles. The first-order chi connectivity index (χ1) is 14.1. The molecular weight excluding hydrogens is 408 g/mol. The highest BCUT2D eigenvalue weighted by atomic mass is 32.2. The number of para-hydroxylation sites is 1. The first kappa shape index (κ1) is 18.2. The van der Waals surface area contributed by atoms with Gasteiger partial charge in [-0.1, -0.05) is 53.4 Å². The Kier molecular flexibility index (Phi) is 4.33. The number of aromatic nitrogens is 1. The van der Waals surface area contributed by atoms with Crippen molar-refractivity contribution in [3.05, 3.63) is 74.7 Å². The molecule has 2 aromatic carbocycles. The zero-order chi connectivity index (χ0) is 20.1. The van der Waals surface area contributed by atoms with E-state index >= 15 is 0 Å². The molecule has 29 heavy (non-hydrogen) atoms. The summed E-state index contributed by atoms with van der Waals surface area (Å²) >= 11 is 2.39. The fourth-order valence-corrected chi connectivity index (χ4v) is 6.53. The summed E-state index contributed by atoms with van der Waals surface area (Å²) in [5.41, 5.74) is 1.46. The minimum Gasteiger partial charge on any atom is -0.497 e. The number of anilines is 1. The van der Waals surface area contributed by atoms with Gasteiger partial charge in [-0.15, -0.1) is 0 Å². The average Bonchev–Trinajstić information content (AvgIpc) is 3.23. The van der Waals surface area contributed by atoms with Crippen LogP contribution in [0, 0.1) is 5.92 Å². The molecule has 146 valence electrons. The Morgan fingerprint density at radius 2 is 1.69 bits per heavy atom. The molecule has 3 atom stereocenters. The van der Waals surface area contributed by atoms with Gasteiger partial charge in [-0.2, -0.15) is 0 Å². The van der Waals surface area contributed by atoms with Crippen molar-refractivity contribution < 1.29 is 14.3 Å². The maximum absolute atomic E-state index is 13.5. The highest BCUT2D eigenvalue weighted by Crippen LogP contribution is 2.53. The van der Waals surface area contributed by atoms with Crippen molar-refractivity contribution >= 4 is 40.6 Å². The van der Waals surface area contributed by atoms with Gasteiger partial charge in [0, 0.05) is 10.8 Å². The van der Waals surface area contributed by atoms with E-state index in [0.717, 1.165) is 21.8 Å². The second-order valence-electron chi connectivity index (χ2n) is 6.87. The van der Waals surface area contributed by atoms with Crippen molar-refractivity contribution in [1.29, 1.82) is 0 Å². The van der Waals surface area contributed by atoms with Gasteiger partial charge in [0.2, 0.25) is 11.8 Å². The molecule has 0 aliphatic carbocycles. The van der Waals surface area contributed by atoms with Gasteiger partial charge in [0.05, 0.1) is 23.7 Å². The number of hydrogen-bond acceptors (Lipinski definition) is 6. The van der Waals surface area contributed by atoms with Crippen molar-refractivity contribution in [1.82, 2.24) is 4.98 Å². The Morgan fingerprint density at radius 3 is 2.38 bits per heavy atom. The number of methoxy groups -OCH3 is 1. The smallest absolute Gasteiger partial charge is 0.305 e. The molecule has 1 aromatic heterocycles. The van der Waals surface area contributed by atoms with Crippen molar-refractivity contribution in [2.75, 3.05) is 12.0 Å². The van der Waals surface area contributed by atoms with Gasteiger partial charge in [-0.3, -0.25) is 14.4 Å². The number of hydrogen-bond donors (Lipinski definition) is 1. The third-order valence-corrected chi connectivity index (χ3v) is 7.71. The Hall–Kier alpha value is -2.84. The predicted molar refractivity (Wildman–Crippen MR) is 112 cm³/mol. The monoisotopic (exact) mass is 424 g/mol. The van der Waals surface area contributed by atoms with E-state index in [4.69, 9.17) is 4.74 Å². The van der Waals surface area contributed by atoms with Crippen LogP contribution in [-0.2, 0) is 9.59 Å². The maximum Gasteiger partial charge on any atom is 0.305 e. The number of rotatable bonds is 3. The van der Waals surface area contributed by atoms with Crippen molar-refractivity contribution in [2.45, 2.75) is 16.2 Å². The molecule has 0 saturated carbocycles. The number of nitrogens with zero attached hydrogens (tertiary/aromatic N) is 1. The van der Waals surface area contributed by atoms with Gasteiger partial charge in [0.1, 0.15) is 11.0 Å². The molecule has 8 heteroatoms. The normalized spacial score (nSPS) is 23.1. The lowest BCUT2D eigenvalue weighted by Gasteiger charge is -2.29. The fraction of sp³-hybridized carbons (Fsp3) is 0.190. The second-order valence-corrected chi connectivity index (χ2v) is 9.04. The molecule has 0 bridgehead atoms. The molecule has 1 saturated heterocycles. The molecular formula is C21H16N2O4S2. The number of imide groups is 1. The van der Waals surface area contributed by atoms with E-state index in [0.29, 0.717) is 16.5 Å². The minimum atomic E-state index is -0.576. The fourth-order valence-electron chi connectivity index (χ4n) is 4.02. The number of aromatic amines is 1. The molecule has 3 heterocycles. The summed E-state index contributed by atoms with van der Waals surface area (Å²) in [7, 11) is 1.59. The number of thioether (sulfide) groups is 1. The number of ether oxygens (including phenoxy) is 1. The zero-order valence-corrected chi connectivity index (χ0v) is 17.0. The zero-order valence-electron chi connectivity index (χ0n) is 15.3. The summed E-state index contributed by atoms with van der Waals surface area (Å²) in [6.45, 7) is 0. The van der Waals surface area contributed by atoms with E-state index in [1.54, 1.807) is 31.4 Å². The molecule has 1 fully saturated rings. The highest BCUT2D eigenvalue weighted by Gasteiger charge is 2.56. The van der Waals surface area contributed by atoms with Crippen molar-refractivity contribution in [3.63, 3.8) is 0 Å². The number of H-pyrrole nitrogens is 1. The van der Waals surface area contributed by atoms with Gasteiger partial charge < -0.3 is 9.72 Å². The Morgan fingerprint density at radius 1 is 0.966 bits per heavy atom. The first-order valence-electron chi connectivity index (χ1n) is 9.05. The summed E-state index contributed by atoms with van der Waals surface area (Å²) in [5, 5.41) is 0.102. The molecule has 6 nitrogen and oxygen atoms in total. The lowest BCUT2D eigenvalue weighted by atomic mass is 9.83. The van der Waals surface area contributed by atoms with Crippen LogP contribution >= 0.6 is 23.1 Å². The van der Waals surface area contributed by atoms with Gasteiger partial charge in [0.15, 0.2) is 0 Å². The molecule has 5 rings (SSSR count). The van der Waals surface area contributed by atoms with Crippen LogP contribution in [0.2, 0.25) is 0 Å². The van der Waals surface area contributed by atoms with Crippen LogP contribution in [0.15, 0.2) is 64.4 Å². The van der Waals surface area contributed by atoms with Crippen LogP contribution in [0.1, 0.15) is 16.4 Å². The SMILES string of the molecule is COc1ccc([C@@H]2c3sc(=O)[nH]c3S[C@@H]3C(=O)N(c4ccccc4)C(=O)[C@H]23)cc1. The first-order valence-corrected chi connectivity index (χ1v) is 10.7. The van der Waals surface area contributed by atoms with Crippen LogP contribution in [0.5, 0.6) is 5.75 Å². The van der Waals surface area contributed by atoms with Crippen LogP contribution in [0.25, 0.3) is 0 Å². The van der Waals surface area contributed by atoms with E-state index in [9.17, 15) is 14.4 Å². The van der Waals surface area contributed by atoms with Crippen molar-refractivity contribution in [2.24, 2.45) is 5.92 Å². The highest BCUT2D eigenvalue weighted by molar-refractivity contribution is 8.00. The van der Waals surface area contributed by atoms with Gasteiger partial charge in [-0.25, -0.2) is 4.90 Å². The van der Waals surface area contributed by atoms with Crippen LogP contribution in [-0.4, -0.2) is 29.2 Å². The van der Waals surface area contributed by atoms with Crippen LogP contribution in [0.4, 0.5) is 5.69 Å². The molecule has 1 N–H and O–H groups in total. The molecule has 2 amide bonds. The molecule has 2 aliphatic rings. The van der Waals surface area contributed by atoms with Gasteiger partial charge in [-0.05, 0) is 29.8 Å². The van der Waals surface area contributed by atoms with Gasteiger partial charge >= 0.3 is 4.87 Å². The number of fused-ring (bicyclic) bond motifs is 2. The predicted octanol–water partition coefficient (Wildman–Crippen LogP) is 3.24. The molecule has 0 radical (unpaired) electrons. The number of nitrogens with one attached hydrogen (secondary N) is 1. The lowest BCUT2D eigenvalue weighted by molar-refractivity contribution is -0.122. The number of carbonyl (C=O) groups is 2. The van der Waals surface area contributed by atoms with Crippen LogP contribution in [0.3, 0.4) is 0 Å². The summed E-state index contributed by atoms with van der Waals surface area (Å²) in [5.74, 6) is -0.701. The van der Waals surface area contributed by atoms with E-state index < -0.39 is 11.2 Å². The Balaban J connectivity index is 1.64. The number of carbonyl (C=O) groups excluding carboxylic acids is 2. The topological polar surface area (TPSA) is 79.5 Å². The summed E-state index contributed by atoms with van der Waals surface area (Å²) in [4.78, 5) is 43.5. The molecule has 0 spiro atoms. The maximum atomic E-state index is 13.5. The Labute approximate surface area is 174 Å². The quantitative estimate of drug-likeness (QED) is 0.653. The lowest BCUT2D eigenvalue weighted by Crippen LogP contribution is -2.32. The van der Waals surface area contributed by atoms with Crippen LogP contribution < -0.4 is 14.5 Å². The summed E-state index contributed by atoms with van der Waals surface area (Å²) in [6, 6.07) is 16.4. The average molecular weight is 425 g/mol. The van der Waals surface area contributed by atoms with E-state index in [-0.39, 0.29) is 22.6 Å². The third-order valence-electron chi connectivity index (χ3n) is 5.31. The molecule has 0 unspecified atom stereocenters. The number of benzene rings is 2. The molecule has 3 aromatic rings. The second kappa shape index (κ2) is 6.89. The minimum absolute atomic E-state index is 0.180. The standard InChI is InChI=1S/C21H16N2O4S2/c1-27-13-9-7-11(8-10-13)14-15-17(28-18-16(14)29-21(26)22-18)20(25)23(19(15)24)12-5-3-2-4-6-12/h2-10,14-15,17H,1H3,(H,22,26)/t14-,15+,17-/m0/s1. The number of thiazole rings is 1.